The second-order valence-electron chi connectivity index (χ2n) is 6.67. The topological polar surface area (TPSA) is 67.6 Å². The molecule has 0 bridgehead atoms. The fraction of sp³-hybridized carbons (Fsp3) is 0.611. The van der Waals surface area contributed by atoms with E-state index in [1.165, 1.54) is 5.56 Å². The van der Waals surface area contributed by atoms with Crippen molar-refractivity contribution in [2.75, 3.05) is 31.6 Å². The van der Waals surface area contributed by atoms with E-state index in [-0.39, 0.29) is 5.91 Å². The van der Waals surface area contributed by atoms with Crippen LogP contribution < -0.4 is 11.1 Å². The number of rotatable bonds is 6. The van der Waals surface area contributed by atoms with Crippen LogP contribution in [0.5, 0.6) is 0 Å². The number of amides is 1. The Kier molecular flexibility index (Phi) is 6.57. The molecule has 1 aliphatic heterocycles. The standard InChI is InChI=1S/C18H29N3O2/c1-13(2)12-17(19)18(22)20-16-6-4-15(5-7-16)14(3)21-8-10-23-11-9-21/h4-7,13-14,17H,8-12,19H2,1-3H3,(H,20,22)/t14?,17-/m0/s1. The van der Waals surface area contributed by atoms with Gasteiger partial charge >= 0.3 is 0 Å². The van der Waals surface area contributed by atoms with Gasteiger partial charge in [0.2, 0.25) is 5.91 Å². The zero-order valence-electron chi connectivity index (χ0n) is 14.4. The van der Waals surface area contributed by atoms with Gasteiger partial charge in [-0.25, -0.2) is 0 Å². The van der Waals surface area contributed by atoms with Gasteiger partial charge in [-0.1, -0.05) is 26.0 Å². The molecular weight excluding hydrogens is 290 g/mol. The molecule has 0 spiro atoms. The molecule has 2 atom stereocenters. The first-order chi connectivity index (χ1) is 11.0. The van der Waals surface area contributed by atoms with Crippen LogP contribution >= 0.6 is 0 Å². The third-order valence-electron chi connectivity index (χ3n) is 4.32. The highest BCUT2D eigenvalue weighted by molar-refractivity contribution is 5.94. The predicted octanol–water partition coefficient (Wildman–Crippen LogP) is 2.39. The first-order valence-corrected chi connectivity index (χ1v) is 8.45. The van der Waals surface area contributed by atoms with Crippen molar-refractivity contribution in [3.05, 3.63) is 29.8 Å². The van der Waals surface area contributed by atoms with Crippen LogP contribution in [0.1, 0.15) is 38.8 Å². The summed E-state index contributed by atoms with van der Waals surface area (Å²) in [7, 11) is 0. The summed E-state index contributed by atoms with van der Waals surface area (Å²) < 4.78 is 5.40. The van der Waals surface area contributed by atoms with E-state index in [1.54, 1.807) is 0 Å². The smallest absolute Gasteiger partial charge is 0.241 e. The molecule has 0 saturated carbocycles. The highest BCUT2D eigenvalue weighted by atomic mass is 16.5. The Morgan fingerprint density at radius 1 is 1.22 bits per heavy atom. The van der Waals surface area contributed by atoms with Crippen LogP contribution in [0.15, 0.2) is 24.3 Å². The van der Waals surface area contributed by atoms with Crippen molar-refractivity contribution in [2.45, 2.75) is 39.3 Å². The van der Waals surface area contributed by atoms with Crippen LogP contribution in [0, 0.1) is 5.92 Å². The number of carbonyl (C=O) groups excluding carboxylic acids is 1. The lowest BCUT2D eigenvalue weighted by atomic mass is 10.0. The average molecular weight is 319 g/mol. The zero-order chi connectivity index (χ0) is 16.8. The number of anilines is 1. The highest BCUT2D eigenvalue weighted by Gasteiger charge is 2.19. The summed E-state index contributed by atoms with van der Waals surface area (Å²) in [5.74, 6) is 0.292. The van der Waals surface area contributed by atoms with Crippen LogP contribution in [-0.2, 0) is 9.53 Å². The van der Waals surface area contributed by atoms with E-state index >= 15 is 0 Å². The summed E-state index contributed by atoms with van der Waals surface area (Å²) in [6, 6.07) is 7.94. The molecule has 3 N–H and O–H groups in total. The van der Waals surface area contributed by atoms with Gasteiger partial charge in [0.15, 0.2) is 0 Å². The van der Waals surface area contributed by atoms with Gasteiger partial charge in [0.25, 0.3) is 0 Å². The number of benzene rings is 1. The summed E-state index contributed by atoms with van der Waals surface area (Å²) >= 11 is 0. The number of morpholine rings is 1. The second kappa shape index (κ2) is 8.43. The lowest BCUT2D eigenvalue weighted by molar-refractivity contribution is -0.117. The Morgan fingerprint density at radius 3 is 2.39 bits per heavy atom. The number of nitrogens with two attached hydrogens (primary N) is 1. The van der Waals surface area contributed by atoms with E-state index in [1.807, 2.05) is 12.1 Å². The summed E-state index contributed by atoms with van der Waals surface area (Å²) in [6.45, 7) is 9.85. The Balaban J connectivity index is 1.92. The molecule has 128 valence electrons. The first-order valence-electron chi connectivity index (χ1n) is 8.45. The number of nitrogens with one attached hydrogen (secondary N) is 1. The van der Waals surface area contributed by atoms with Crippen LogP contribution in [0.3, 0.4) is 0 Å². The van der Waals surface area contributed by atoms with E-state index < -0.39 is 6.04 Å². The SMILES string of the molecule is CC(C)C[C@H](N)C(=O)Nc1ccc(C(C)N2CCOCC2)cc1. The van der Waals surface area contributed by atoms with E-state index in [2.05, 4.69) is 43.1 Å². The van der Waals surface area contributed by atoms with E-state index in [9.17, 15) is 4.79 Å². The van der Waals surface area contributed by atoms with Gasteiger partial charge in [0.1, 0.15) is 0 Å². The number of nitrogens with zero attached hydrogens (tertiary/aromatic N) is 1. The van der Waals surface area contributed by atoms with E-state index in [4.69, 9.17) is 10.5 Å². The van der Waals surface area contributed by atoms with Gasteiger partial charge in [-0.3, -0.25) is 9.69 Å². The molecule has 5 nitrogen and oxygen atoms in total. The molecule has 1 aliphatic rings. The minimum Gasteiger partial charge on any atom is -0.379 e. The molecule has 0 aliphatic carbocycles. The van der Waals surface area contributed by atoms with Gasteiger partial charge in [-0.15, -0.1) is 0 Å². The Morgan fingerprint density at radius 2 is 1.83 bits per heavy atom. The largest absolute Gasteiger partial charge is 0.379 e. The summed E-state index contributed by atoms with van der Waals surface area (Å²) in [4.78, 5) is 14.5. The number of ether oxygens (including phenoxy) is 1. The Labute approximate surface area is 139 Å². The predicted molar refractivity (Wildman–Crippen MR) is 93.3 cm³/mol. The fourth-order valence-corrected chi connectivity index (χ4v) is 2.87. The van der Waals surface area contributed by atoms with Crippen molar-refractivity contribution in [1.82, 2.24) is 4.90 Å². The molecule has 2 rings (SSSR count). The van der Waals surface area contributed by atoms with Crippen molar-refractivity contribution in [3.8, 4) is 0 Å². The van der Waals surface area contributed by atoms with Gasteiger partial charge in [0, 0.05) is 24.8 Å². The zero-order valence-corrected chi connectivity index (χ0v) is 14.4. The van der Waals surface area contributed by atoms with Gasteiger partial charge in [0.05, 0.1) is 19.3 Å². The van der Waals surface area contributed by atoms with E-state index in [0.29, 0.717) is 18.4 Å². The molecule has 1 aromatic rings. The Hall–Kier alpha value is -1.43. The maximum absolute atomic E-state index is 12.1. The number of hydrogen-bond acceptors (Lipinski definition) is 4. The summed E-state index contributed by atoms with van der Waals surface area (Å²) in [5, 5.41) is 2.90. The van der Waals surface area contributed by atoms with Gasteiger partial charge in [-0.2, -0.15) is 0 Å². The highest BCUT2D eigenvalue weighted by Crippen LogP contribution is 2.22. The van der Waals surface area contributed by atoms with Crippen LogP contribution in [0.4, 0.5) is 5.69 Å². The molecular formula is C18H29N3O2. The third-order valence-corrected chi connectivity index (χ3v) is 4.32. The van der Waals surface area contributed by atoms with Gasteiger partial charge in [-0.05, 0) is 37.0 Å². The summed E-state index contributed by atoms with van der Waals surface area (Å²) in [5.41, 5.74) is 7.96. The van der Waals surface area contributed by atoms with Crippen LogP contribution in [-0.4, -0.2) is 43.2 Å². The minimum absolute atomic E-state index is 0.118. The molecule has 1 unspecified atom stereocenters. The van der Waals surface area contributed by atoms with Gasteiger partial charge < -0.3 is 15.8 Å². The molecule has 1 heterocycles. The molecule has 1 amide bonds. The number of hydrogen-bond donors (Lipinski definition) is 2. The fourth-order valence-electron chi connectivity index (χ4n) is 2.87. The maximum Gasteiger partial charge on any atom is 0.241 e. The lowest BCUT2D eigenvalue weighted by Gasteiger charge is -2.32. The van der Waals surface area contributed by atoms with Crippen LogP contribution in [0.2, 0.25) is 0 Å². The molecule has 1 fully saturated rings. The first kappa shape index (κ1) is 17.9. The van der Waals surface area contributed by atoms with Crippen molar-refractivity contribution in [3.63, 3.8) is 0 Å². The van der Waals surface area contributed by atoms with Crippen molar-refractivity contribution in [1.29, 1.82) is 0 Å². The van der Waals surface area contributed by atoms with Crippen molar-refractivity contribution < 1.29 is 9.53 Å². The number of carbonyl (C=O) groups is 1. The Bertz CT molecular complexity index is 495. The molecule has 1 saturated heterocycles. The molecule has 0 radical (unpaired) electrons. The second-order valence-corrected chi connectivity index (χ2v) is 6.67. The third kappa shape index (κ3) is 5.30. The van der Waals surface area contributed by atoms with Crippen LogP contribution in [0.25, 0.3) is 0 Å². The normalized spacial score (nSPS) is 18.7. The molecule has 0 aromatic heterocycles. The molecule has 1 aromatic carbocycles. The summed E-state index contributed by atoms with van der Waals surface area (Å²) in [6.07, 6.45) is 0.692. The maximum atomic E-state index is 12.1. The lowest BCUT2D eigenvalue weighted by Crippen LogP contribution is -2.38. The average Bonchev–Trinajstić information content (AvgIpc) is 2.55. The molecule has 23 heavy (non-hydrogen) atoms. The van der Waals surface area contributed by atoms with E-state index in [0.717, 1.165) is 32.0 Å². The monoisotopic (exact) mass is 319 g/mol. The molecule has 5 heteroatoms. The van der Waals surface area contributed by atoms with Crippen molar-refractivity contribution in [2.24, 2.45) is 11.7 Å². The quantitative estimate of drug-likeness (QED) is 0.845. The van der Waals surface area contributed by atoms with Crippen molar-refractivity contribution >= 4 is 11.6 Å². The minimum atomic E-state index is -0.457.